The molecule has 118 valence electrons. The Morgan fingerprint density at radius 3 is 2.70 bits per heavy atom. The topological polar surface area (TPSA) is 69.2 Å². The Labute approximate surface area is 135 Å². The summed E-state index contributed by atoms with van der Waals surface area (Å²) in [5, 5.41) is 13.1. The zero-order chi connectivity index (χ0) is 15.6. The molecule has 1 aromatic heterocycles. The molecule has 0 saturated carbocycles. The Morgan fingerprint density at radius 1 is 1.09 bits per heavy atom. The summed E-state index contributed by atoms with van der Waals surface area (Å²) in [5.41, 5.74) is 1.25. The van der Waals surface area contributed by atoms with Crippen LogP contribution in [0.4, 0.5) is 5.69 Å². The van der Waals surface area contributed by atoms with Crippen LogP contribution in [0.5, 0.6) is 0 Å². The average molecular weight is 309 g/mol. The number of anilines is 1. The number of hydrogen-bond acceptors (Lipinski definition) is 6. The van der Waals surface area contributed by atoms with Crippen LogP contribution < -0.4 is 4.90 Å². The van der Waals surface area contributed by atoms with Crippen molar-refractivity contribution in [1.29, 1.82) is 5.26 Å². The molecule has 0 spiro atoms. The van der Waals surface area contributed by atoms with Gasteiger partial charge in [-0.3, -0.25) is 0 Å². The number of rotatable bonds is 3. The van der Waals surface area contributed by atoms with Crippen LogP contribution in [-0.4, -0.2) is 41.2 Å². The molecule has 2 fully saturated rings. The first-order valence-electron chi connectivity index (χ1n) is 8.11. The van der Waals surface area contributed by atoms with Gasteiger partial charge in [-0.1, -0.05) is 23.4 Å². The minimum absolute atomic E-state index is 0.221. The Morgan fingerprint density at radius 2 is 1.91 bits per heavy atom. The molecule has 0 bridgehead atoms. The smallest absolute Gasteiger partial charge is 0.231 e. The van der Waals surface area contributed by atoms with Crippen molar-refractivity contribution in [3.63, 3.8) is 0 Å². The second-order valence-electron chi connectivity index (χ2n) is 6.29. The van der Waals surface area contributed by atoms with Crippen molar-refractivity contribution in [1.82, 2.24) is 15.0 Å². The Balaban J connectivity index is 1.43. The molecule has 0 radical (unpaired) electrons. The maximum absolute atomic E-state index is 8.95. The summed E-state index contributed by atoms with van der Waals surface area (Å²) in [6.07, 6.45) is 4.15. The van der Waals surface area contributed by atoms with E-state index in [-0.39, 0.29) is 5.92 Å². The van der Waals surface area contributed by atoms with Crippen molar-refractivity contribution in [2.24, 2.45) is 0 Å². The van der Waals surface area contributed by atoms with E-state index in [9.17, 15) is 0 Å². The van der Waals surface area contributed by atoms with E-state index >= 15 is 0 Å². The summed E-state index contributed by atoms with van der Waals surface area (Å²) in [4.78, 5) is 8.75. The number of likely N-dealkylation sites (tertiary alicyclic amines) is 1. The monoisotopic (exact) mass is 309 g/mol. The Bertz CT molecular complexity index is 707. The molecule has 6 heteroatoms. The predicted molar refractivity (Wildman–Crippen MR) is 84.9 cm³/mol. The lowest BCUT2D eigenvalue weighted by Crippen LogP contribution is -2.19. The second-order valence-corrected chi connectivity index (χ2v) is 6.29. The highest BCUT2D eigenvalue weighted by Crippen LogP contribution is 2.31. The third-order valence-corrected chi connectivity index (χ3v) is 4.81. The van der Waals surface area contributed by atoms with Crippen molar-refractivity contribution >= 4 is 5.69 Å². The van der Waals surface area contributed by atoms with E-state index in [1.807, 2.05) is 6.07 Å². The Hall–Kier alpha value is -2.55. The van der Waals surface area contributed by atoms with E-state index in [0.717, 1.165) is 44.2 Å². The molecule has 2 aliphatic heterocycles. The molecule has 3 heterocycles. The minimum Gasteiger partial charge on any atom is -0.371 e. The molecule has 2 aromatic rings. The minimum atomic E-state index is 0.221. The first kappa shape index (κ1) is 14.1. The lowest BCUT2D eigenvalue weighted by molar-refractivity contribution is 0.352. The van der Waals surface area contributed by atoms with Gasteiger partial charge in [-0.25, -0.2) is 0 Å². The zero-order valence-electron chi connectivity index (χ0n) is 12.9. The third kappa shape index (κ3) is 2.74. The van der Waals surface area contributed by atoms with E-state index in [1.54, 1.807) is 4.90 Å². The van der Waals surface area contributed by atoms with Crippen molar-refractivity contribution in [3.8, 4) is 6.19 Å². The molecule has 2 saturated heterocycles. The number of aromatic nitrogens is 2. The molecular formula is C17H19N5O. The highest BCUT2D eigenvalue weighted by molar-refractivity contribution is 5.47. The molecule has 2 atom stereocenters. The van der Waals surface area contributed by atoms with Gasteiger partial charge in [0.15, 0.2) is 12.0 Å². The zero-order valence-corrected chi connectivity index (χ0v) is 12.9. The summed E-state index contributed by atoms with van der Waals surface area (Å²) in [5.74, 6) is 2.02. The molecule has 0 N–H and O–H groups in total. The second kappa shape index (κ2) is 5.92. The summed E-state index contributed by atoms with van der Waals surface area (Å²) in [7, 11) is 0. The van der Waals surface area contributed by atoms with Gasteiger partial charge in [-0.15, -0.1) is 0 Å². The summed E-state index contributed by atoms with van der Waals surface area (Å²) < 4.78 is 5.52. The van der Waals surface area contributed by atoms with Gasteiger partial charge in [-0.2, -0.15) is 10.2 Å². The van der Waals surface area contributed by atoms with E-state index in [2.05, 4.69) is 45.5 Å². The van der Waals surface area contributed by atoms with Crippen molar-refractivity contribution in [2.75, 3.05) is 31.1 Å². The molecule has 2 aliphatic rings. The molecule has 23 heavy (non-hydrogen) atoms. The quantitative estimate of drug-likeness (QED) is 0.811. The molecule has 4 rings (SSSR count). The average Bonchev–Trinajstić information content (AvgIpc) is 3.33. The fourth-order valence-corrected chi connectivity index (χ4v) is 3.48. The van der Waals surface area contributed by atoms with Gasteiger partial charge in [0.25, 0.3) is 0 Å². The van der Waals surface area contributed by atoms with Crippen LogP contribution in [0.25, 0.3) is 0 Å². The van der Waals surface area contributed by atoms with Crippen LogP contribution in [0.1, 0.15) is 36.4 Å². The van der Waals surface area contributed by atoms with Gasteiger partial charge in [-0.05, 0) is 25.0 Å². The largest absolute Gasteiger partial charge is 0.371 e. The molecule has 2 unspecified atom stereocenters. The van der Waals surface area contributed by atoms with Crippen molar-refractivity contribution < 1.29 is 4.52 Å². The number of nitriles is 1. The highest BCUT2D eigenvalue weighted by atomic mass is 16.5. The number of hydrogen-bond donors (Lipinski definition) is 0. The van der Waals surface area contributed by atoms with Crippen LogP contribution in [-0.2, 0) is 0 Å². The van der Waals surface area contributed by atoms with Crippen LogP contribution in [0.15, 0.2) is 34.9 Å². The molecule has 0 amide bonds. The lowest BCUT2D eigenvalue weighted by Gasteiger charge is -2.17. The maximum Gasteiger partial charge on any atom is 0.231 e. The van der Waals surface area contributed by atoms with E-state index in [0.29, 0.717) is 12.5 Å². The van der Waals surface area contributed by atoms with Crippen LogP contribution in [0.2, 0.25) is 0 Å². The predicted octanol–water partition coefficient (Wildman–Crippen LogP) is 2.33. The summed E-state index contributed by atoms with van der Waals surface area (Å²) in [6, 6.07) is 10.4. The fraction of sp³-hybridized carbons (Fsp3) is 0.471. The van der Waals surface area contributed by atoms with Gasteiger partial charge < -0.3 is 14.3 Å². The SMILES string of the molecule is N#CN1CCC(c2noc(C3CCN(c4ccccc4)C3)n2)C1. The molecular weight excluding hydrogens is 290 g/mol. The molecule has 0 aliphatic carbocycles. The van der Waals surface area contributed by atoms with Crippen LogP contribution >= 0.6 is 0 Å². The summed E-state index contributed by atoms with van der Waals surface area (Å²) >= 11 is 0. The maximum atomic E-state index is 8.95. The van der Waals surface area contributed by atoms with Crippen molar-refractivity contribution in [3.05, 3.63) is 42.0 Å². The molecule has 6 nitrogen and oxygen atoms in total. The van der Waals surface area contributed by atoms with Gasteiger partial charge in [0.1, 0.15) is 0 Å². The van der Waals surface area contributed by atoms with Crippen molar-refractivity contribution in [2.45, 2.75) is 24.7 Å². The lowest BCUT2D eigenvalue weighted by atomic mass is 10.1. The van der Waals surface area contributed by atoms with Gasteiger partial charge in [0.05, 0.1) is 5.92 Å². The van der Waals surface area contributed by atoms with E-state index in [1.165, 1.54) is 5.69 Å². The number of para-hydroxylation sites is 1. The van der Waals surface area contributed by atoms with Gasteiger partial charge >= 0.3 is 0 Å². The van der Waals surface area contributed by atoms with E-state index in [4.69, 9.17) is 9.78 Å². The summed E-state index contributed by atoms with van der Waals surface area (Å²) in [6.45, 7) is 3.42. The Kier molecular flexibility index (Phi) is 3.62. The van der Waals surface area contributed by atoms with Crippen LogP contribution in [0.3, 0.4) is 0 Å². The first-order chi connectivity index (χ1) is 11.3. The molecule has 1 aromatic carbocycles. The number of benzene rings is 1. The third-order valence-electron chi connectivity index (χ3n) is 4.81. The fourth-order valence-electron chi connectivity index (χ4n) is 3.48. The highest BCUT2D eigenvalue weighted by Gasteiger charge is 2.31. The standard InChI is InChI=1S/C17H19N5O/c18-12-21-8-6-13(10-21)16-19-17(23-20-16)14-7-9-22(11-14)15-4-2-1-3-5-15/h1-5,13-14H,6-11H2. The number of nitrogens with zero attached hydrogens (tertiary/aromatic N) is 5. The first-order valence-corrected chi connectivity index (χ1v) is 8.11. The van der Waals surface area contributed by atoms with Gasteiger partial charge in [0.2, 0.25) is 5.89 Å². The van der Waals surface area contributed by atoms with E-state index < -0.39 is 0 Å². The normalized spacial score (nSPS) is 24.1. The van der Waals surface area contributed by atoms with Crippen LogP contribution in [0, 0.1) is 11.5 Å². The van der Waals surface area contributed by atoms with Gasteiger partial charge in [0, 0.05) is 37.8 Å².